The monoisotopic (exact) mass is 1500 g/mol. The lowest BCUT2D eigenvalue weighted by molar-refractivity contribution is -0.914. The molecule has 5 rings (SSSR count). The summed E-state index contributed by atoms with van der Waals surface area (Å²) in [6.45, 7) is 43.9. The maximum Gasteiger partial charge on any atom is 0.414 e. The molecular formula is C64H123N16O24+. The average Bonchev–Trinajstić information content (AvgIpc) is 0.904. The zero-order chi connectivity index (χ0) is 81.6. The molecule has 2 bridgehead atoms. The van der Waals surface area contributed by atoms with Gasteiger partial charge < -0.3 is 129 Å². The van der Waals surface area contributed by atoms with Crippen LogP contribution in [-0.2, 0) is 63.6 Å². The molecule has 4 saturated heterocycles. The summed E-state index contributed by atoms with van der Waals surface area (Å²) in [7, 11) is 0. The van der Waals surface area contributed by atoms with Crippen LogP contribution in [0.5, 0.6) is 0 Å². The van der Waals surface area contributed by atoms with Gasteiger partial charge in [-0.15, -0.1) is 0 Å². The van der Waals surface area contributed by atoms with Crippen LogP contribution in [0.15, 0.2) is 12.5 Å². The number of aromatic amines is 1. The van der Waals surface area contributed by atoms with Gasteiger partial charge >= 0.3 is 72.4 Å². The van der Waals surface area contributed by atoms with E-state index >= 15 is 0 Å². The number of carboxylic acids is 6. The summed E-state index contributed by atoms with van der Waals surface area (Å²) in [5, 5.41) is 71.8. The first kappa shape index (κ1) is 101. The van der Waals surface area contributed by atoms with Gasteiger partial charge in [-0.05, 0) is 150 Å². The van der Waals surface area contributed by atoms with E-state index in [2.05, 4.69) is 46.8 Å². The SMILES string of the molecule is C1C[NH+]2CCN1CC2.CC(C)(C)OC(=O)N1CCNCC1.CC(C)(C)OC(=O)NCCN.CC(C)(C)OC(=O)N[C@@H](CCCCC(=N)N)C(=O)O.CC(C)(C)OC(=O)N[C@@H](CCN)C(=O)O.CC(C)(C)OC(=O)N[C@@H](CN)C(=O)O.CC(C)(C)OC(=O)N[C@@H](Cc1cnc[nH]1)C(=O)O.O=C(O)C(=O)O. The van der Waals surface area contributed by atoms with Gasteiger partial charge in [-0.1, -0.05) is 6.42 Å². The number of quaternary nitrogens is 1. The Morgan fingerprint density at radius 2 is 0.865 bits per heavy atom. The van der Waals surface area contributed by atoms with Crippen LogP contribution in [0.4, 0.5) is 28.8 Å². The molecular weight excluding hydrogens is 1380 g/mol. The quantitative estimate of drug-likeness (QED) is 0.0287. The van der Waals surface area contributed by atoms with E-state index in [4.69, 9.17) is 97.0 Å². The second kappa shape index (κ2) is 51.1. The molecule has 0 aromatic carbocycles. The number of rotatable bonds is 20. The molecule has 0 spiro atoms. The van der Waals surface area contributed by atoms with Gasteiger partial charge in [0.15, 0.2) is 0 Å². The molecule has 1 aromatic heterocycles. The van der Waals surface area contributed by atoms with E-state index in [0.717, 1.165) is 26.2 Å². The van der Waals surface area contributed by atoms with Crippen LogP contribution in [0.2, 0.25) is 0 Å². The fourth-order valence-corrected chi connectivity index (χ4v) is 7.50. The fraction of sp³-hybridized carbons (Fsp3) is 0.750. The minimum Gasteiger partial charge on any atom is -0.480 e. The van der Waals surface area contributed by atoms with Gasteiger partial charge in [0.1, 0.15) is 57.8 Å². The minimum absolute atomic E-state index is 0.0759. The van der Waals surface area contributed by atoms with Crippen molar-refractivity contribution in [2.75, 3.05) is 91.6 Å². The van der Waals surface area contributed by atoms with E-state index in [1.165, 1.54) is 51.8 Å². The van der Waals surface area contributed by atoms with Crippen molar-refractivity contribution in [2.45, 2.75) is 221 Å². The van der Waals surface area contributed by atoms with E-state index in [-0.39, 0.29) is 49.9 Å². The van der Waals surface area contributed by atoms with E-state index in [1.807, 2.05) is 46.4 Å². The van der Waals surface area contributed by atoms with Crippen LogP contribution in [0, 0.1) is 5.41 Å². The molecule has 6 amide bonds. The van der Waals surface area contributed by atoms with Gasteiger partial charge in [-0.3, -0.25) is 10.3 Å². The second-order valence-electron chi connectivity index (χ2n) is 28.9. The fourth-order valence-electron chi connectivity index (χ4n) is 7.50. The molecule has 0 unspecified atom stereocenters. The lowest BCUT2D eigenvalue weighted by Crippen LogP contribution is -3.17. The van der Waals surface area contributed by atoms with E-state index in [9.17, 15) is 47.9 Å². The first-order valence-electron chi connectivity index (χ1n) is 33.4. The highest BCUT2D eigenvalue weighted by molar-refractivity contribution is 6.27. The van der Waals surface area contributed by atoms with Crippen LogP contribution >= 0.6 is 0 Å². The molecule has 4 fully saturated rings. The largest absolute Gasteiger partial charge is 0.480 e. The van der Waals surface area contributed by atoms with Gasteiger partial charge in [-0.25, -0.2) is 62.5 Å². The Labute approximate surface area is 608 Å². The Bertz CT molecular complexity index is 2710. The number of aromatic nitrogens is 2. The Hall–Kier alpha value is -9.12. The molecule has 0 aliphatic carbocycles. The van der Waals surface area contributed by atoms with Crippen LogP contribution < -0.4 is 59.7 Å². The third-order valence-corrected chi connectivity index (χ3v) is 11.9. The first-order chi connectivity index (χ1) is 47.4. The highest BCUT2D eigenvalue weighted by Crippen LogP contribution is 2.13. The molecule has 23 N–H and O–H groups in total. The number of unbranched alkanes of at least 4 members (excludes halogenated alkanes) is 1. The number of ether oxygens (including phenoxy) is 6. The van der Waals surface area contributed by atoms with E-state index in [1.54, 1.807) is 88.0 Å². The molecule has 40 heteroatoms. The zero-order valence-electron chi connectivity index (χ0n) is 63.8. The number of imidazole rings is 1. The first-order valence-corrected chi connectivity index (χ1v) is 33.4. The summed E-state index contributed by atoms with van der Waals surface area (Å²) in [6, 6.07) is -4.14. The number of nitrogens with one attached hydrogen (secondary N) is 9. The number of H-pyrrole nitrogens is 1. The van der Waals surface area contributed by atoms with Crippen molar-refractivity contribution in [3.63, 3.8) is 0 Å². The van der Waals surface area contributed by atoms with Gasteiger partial charge in [-0.2, -0.15) is 0 Å². The Morgan fingerprint density at radius 3 is 1.14 bits per heavy atom. The Kier molecular flexibility index (Phi) is 49.8. The highest BCUT2D eigenvalue weighted by atomic mass is 16.6. The lowest BCUT2D eigenvalue weighted by atomic mass is 10.1. The molecule has 104 heavy (non-hydrogen) atoms. The average molecular weight is 1500 g/mol. The van der Waals surface area contributed by atoms with Crippen molar-refractivity contribution in [1.82, 2.24) is 51.7 Å². The summed E-state index contributed by atoms with van der Waals surface area (Å²) in [5.41, 5.74) is 17.9. The molecule has 4 atom stereocenters. The highest BCUT2D eigenvalue weighted by Gasteiger charge is 2.29. The molecule has 1 aromatic rings. The number of carbonyl (C=O) groups excluding carboxylic acids is 6. The van der Waals surface area contributed by atoms with E-state index in [0.29, 0.717) is 38.0 Å². The molecule has 40 nitrogen and oxygen atoms in total. The number of piperazine rings is 4. The molecule has 602 valence electrons. The zero-order valence-corrected chi connectivity index (χ0v) is 63.8. The number of hydrogen-bond donors (Lipinski definition) is 19. The van der Waals surface area contributed by atoms with Crippen LogP contribution in [0.25, 0.3) is 0 Å². The van der Waals surface area contributed by atoms with Crippen LogP contribution in [-0.4, -0.2) is 278 Å². The lowest BCUT2D eigenvalue weighted by Gasteiger charge is -2.38. The predicted molar refractivity (Wildman–Crippen MR) is 380 cm³/mol. The van der Waals surface area contributed by atoms with Crippen LogP contribution in [0.3, 0.4) is 0 Å². The summed E-state index contributed by atoms with van der Waals surface area (Å²) in [6.07, 6.45) is 1.50. The molecule has 0 saturated carbocycles. The molecule has 4 aliphatic rings. The molecule has 0 radical (unpaired) electrons. The van der Waals surface area contributed by atoms with Gasteiger partial charge in [0.2, 0.25) is 0 Å². The van der Waals surface area contributed by atoms with Crippen molar-refractivity contribution in [2.24, 2.45) is 22.9 Å². The number of aliphatic carboxylic acids is 6. The van der Waals surface area contributed by atoms with Crippen molar-refractivity contribution in [1.29, 1.82) is 5.41 Å². The number of nitrogens with two attached hydrogens (primary N) is 4. The number of nitrogens with zero attached hydrogens (tertiary/aromatic N) is 3. The summed E-state index contributed by atoms with van der Waals surface area (Å²) < 4.78 is 29.9. The molecule has 5 heterocycles. The summed E-state index contributed by atoms with van der Waals surface area (Å²) >= 11 is 0. The summed E-state index contributed by atoms with van der Waals surface area (Å²) in [5.74, 6) is -8.11. The number of fused-ring (bicyclic) bond motifs is 3. The Morgan fingerprint density at radius 1 is 0.510 bits per heavy atom. The smallest absolute Gasteiger partial charge is 0.414 e. The molecule has 4 aliphatic heterocycles. The topological polar surface area (TPSA) is 621 Å². The second-order valence-corrected chi connectivity index (χ2v) is 28.9. The normalized spacial score (nSPS) is 15.5. The number of carbonyl (C=O) groups is 12. The summed E-state index contributed by atoms with van der Waals surface area (Å²) in [4.78, 5) is 142. The number of carboxylic acid groups (broad SMARTS) is 6. The Balaban J connectivity index is -0.000000559. The minimum atomic E-state index is -1.82. The van der Waals surface area contributed by atoms with Crippen LogP contribution in [0.1, 0.15) is 162 Å². The van der Waals surface area contributed by atoms with Crippen molar-refractivity contribution < 1.29 is 121 Å². The van der Waals surface area contributed by atoms with E-state index < -0.39 is 118 Å². The van der Waals surface area contributed by atoms with Gasteiger partial charge in [0.05, 0.1) is 31.8 Å². The standard InChI is InChI=1S/C12H23N3O4.C11H17N3O4.C9H18N2O4.C9H18N2O2.C8H16N2O4.C7H16N2O2.C6H12N2.C2H2O4/c1-12(2,3)19-11(18)15-8(10(16)17)6-4-5-7-9(13)14;1-11(2,3)18-10(17)14-8(9(15)16)4-7-5-12-6-13-7;1-9(2,3)15-8(14)11-6(4-5-10)7(12)13;1-9(2,3)13-8(12)11-6-4-10-5-7-11;1-8(2,3)14-7(13)10-5(4-9)6(11)12;1-7(2,3)11-6(10)9-5-4-8;1-2-8-5-3-7(1)4-6-8;3-1(4)2(5)6/h8H,4-7H2,1-3H3,(H3,13,14)(H,15,18)(H,16,17);5-6,8H,4H2,1-3H3,(H,12,13)(H,14,17)(H,15,16);6H,4-5,10H2,1-3H3,(H,11,14)(H,12,13);10H,4-7H2,1-3H3;5H,4,9H2,1-3H3,(H,10,13)(H,11,12);4-5,8H2,1-3H3,(H,9,10);1-6H2;(H,3,4)(H,5,6)/p+1/t2*8-;6-;;5-;;;/m000.0.../s1. The van der Waals surface area contributed by atoms with Crippen molar-refractivity contribution in [3.05, 3.63) is 18.2 Å². The predicted octanol–water partition coefficient (Wildman–Crippen LogP) is 1.28. The number of amides is 6. The third kappa shape index (κ3) is 63.8. The maximum atomic E-state index is 11.5. The van der Waals surface area contributed by atoms with Gasteiger partial charge in [0, 0.05) is 90.2 Å². The van der Waals surface area contributed by atoms with Crippen molar-refractivity contribution >= 4 is 78.2 Å². The third-order valence-electron chi connectivity index (χ3n) is 11.9. The number of amidine groups is 1. The number of alkyl carbamates (subject to hydrolysis) is 5. The number of hydrogen-bond acceptors (Lipinski definition) is 25. The maximum absolute atomic E-state index is 11.5. The van der Waals surface area contributed by atoms with Gasteiger partial charge in [0.25, 0.3) is 0 Å². The van der Waals surface area contributed by atoms with Crippen molar-refractivity contribution in [3.8, 4) is 0 Å².